The maximum absolute atomic E-state index is 5.34. The van der Waals surface area contributed by atoms with Crippen LogP contribution >= 0.6 is 0 Å². The quantitative estimate of drug-likeness (QED) is 0.172. The molecule has 0 radical (unpaired) electrons. The number of fused-ring (bicyclic) bond motifs is 6. The summed E-state index contributed by atoms with van der Waals surface area (Å²) in [5.74, 6) is 0.673. The molecule has 0 spiro atoms. The largest absolute Gasteiger partial charge is 0.309 e. The molecular weight excluding hydrogens is 681 g/mol. The number of aromatic nitrogens is 4. The van der Waals surface area contributed by atoms with E-state index in [1.807, 2.05) is 30.3 Å². The standard InChI is InChI=1S/C52H32N4/c1-3-16-35(17-4-1)37-20-15-21-38(30-37)46-34-47(54-52(53-46)36-18-5-2-6-19-36)39-31-40(55-48-26-11-7-22-42(48)43-23-8-12-27-49(43)55)33-41(32-39)56-50-28-13-9-24-44(50)45-25-10-14-29-51(45)56/h2-3,5-34H. The fourth-order valence-corrected chi connectivity index (χ4v) is 8.25. The monoisotopic (exact) mass is 712 g/mol. The van der Waals surface area contributed by atoms with Crippen molar-refractivity contribution in [3.8, 4) is 56.4 Å². The molecule has 56 heavy (non-hydrogen) atoms. The summed E-state index contributed by atoms with van der Waals surface area (Å²) in [5.41, 5.74) is 13.5. The first kappa shape index (κ1) is 31.8. The van der Waals surface area contributed by atoms with Gasteiger partial charge in [0.25, 0.3) is 0 Å². The molecule has 4 heteroatoms. The van der Waals surface area contributed by atoms with E-state index in [1.54, 1.807) is 0 Å². The Kier molecular flexibility index (Phi) is 7.36. The zero-order valence-electron chi connectivity index (χ0n) is 30.3. The number of hydrogen-bond donors (Lipinski definition) is 0. The second-order valence-electron chi connectivity index (χ2n) is 14.1. The van der Waals surface area contributed by atoms with E-state index in [9.17, 15) is 0 Å². The van der Waals surface area contributed by atoms with Gasteiger partial charge in [0.1, 0.15) is 0 Å². The van der Waals surface area contributed by atoms with Crippen molar-refractivity contribution in [1.82, 2.24) is 19.1 Å². The van der Waals surface area contributed by atoms with Gasteiger partial charge in [-0.3, -0.25) is 0 Å². The van der Waals surface area contributed by atoms with Gasteiger partial charge in [0, 0.05) is 49.6 Å². The normalized spacial score (nSPS) is 11.4. The van der Waals surface area contributed by atoms with Crippen LogP contribution in [0.2, 0.25) is 0 Å². The van der Waals surface area contributed by atoms with Crippen molar-refractivity contribution in [2.24, 2.45) is 0 Å². The Hall–Kier alpha value is -7.74. The minimum absolute atomic E-state index is 0.673. The van der Waals surface area contributed by atoms with Gasteiger partial charge in [0.15, 0.2) is 5.82 Å². The zero-order chi connectivity index (χ0) is 37.0. The summed E-state index contributed by atoms with van der Waals surface area (Å²) in [6.45, 7) is 0. The molecule has 0 atom stereocenters. The average molecular weight is 713 g/mol. The first-order valence-electron chi connectivity index (χ1n) is 18.8. The summed E-state index contributed by atoms with van der Waals surface area (Å²) < 4.78 is 4.78. The van der Waals surface area contributed by atoms with Crippen LogP contribution in [0.15, 0.2) is 194 Å². The highest BCUT2D eigenvalue weighted by Crippen LogP contribution is 2.38. The average Bonchev–Trinajstić information content (AvgIpc) is 3.80. The van der Waals surface area contributed by atoms with E-state index in [1.165, 1.54) is 21.5 Å². The van der Waals surface area contributed by atoms with Crippen LogP contribution in [0.5, 0.6) is 0 Å². The Bertz CT molecular complexity index is 3010. The molecule has 0 unspecified atom stereocenters. The molecule has 0 fully saturated rings. The van der Waals surface area contributed by atoms with Crippen LogP contribution in [0.1, 0.15) is 0 Å². The molecule has 3 heterocycles. The molecule has 3 aromatic heterocycles. The molecule has 0 saturated carbocycles. The van der Waals surface area contributed by atoms with Crippen molar-refractivity contribution in [3.05, 3.63) is 206 Å². The molecule has 0 amide bonds. The van der Waals surface area contributed by atoms with E-state index in [0.717, 1.165) is 72.6 Å². The lowest BCUT2D eigenvalue weighted by Gasteiger charge is -2.16. The van der Waals surface area contributed by atoms with E-state index in [4.69, 9.17) is 9.97 Å². The van der Waals surface area contributed by atoms with Crippen molar-refractivity contribution >= 4 is 43.6 Å². The fourth-order valence-electron chi connectivity index (χ4n) is 8.25. The minimum atomic E-state index is 0.673. The lowest BCUT2D eigenvalue weighted by Crippen LogP contribution is -2.01. The summed E-state index contributed by atoms with van der Waals surface area (Å²) in [4.78, 5) is 10.5. The van der Waals surface area contributed by atoms with Crippen LogP contribution in [0.4, 0.5) is 0 Å². The molecule has 0 bridgehead atoms. The zero-order valence-corrected chi connectivity index (χ0v) is 30.3. The summed E-state index contributed by atoms with van der Waals surface area (Å²) in [6, 6.07) is 74.6. The van der Waals surface area contributed by atoms with Crippen molar-refractivity contribution < 1.29 is 0 Å². The van der Waals surface area contributed by atoms with E-state index < -0.39 is 0 Å². The SMILES string of the molecule is c1ccc(-c2cccc(-c3cc(-c4cc(-n5c6ccccc6c6ccccc65)cc(-n5c6ccccc6c6ccccc65)c4)nc(-c4ccccc4)n3)c2)cc#1. The minimum Gasteiger partial charge on any atom is -0.309 e. The highest BCUT2D eigenvalue weighted by molar-refractivity contribution is 6.10. The Balaban J connectivity index is 1.21. The van der Waals surface area contributed by atoms with Crippen molar-refractivity contribution in [2.75, 3.05) is 0 Å². The van der Waals surface area contributed by atoms with Crippen molar-refractivity contribution in [2.45, 2.75) is 0 Å². The van der Waals surface area contributed by atoms with Crippen LogP contribution in [-0.2, 0) is 0 Å². The number of rotatable bonds is 6. The summed E-state index contributed by atoms with van der Waals surface area (Å²) in [6.07, 6.45) is 0. The Labute approximate surface area is 324 Å². The van der Waals surface area contributed by atoms with Gasteiger partial charge in [-0.15, -0.1) is 0 Å². The molecule has 0 aliphatic rings. The molecule has 0 saturated heterocycles. The lowest BCUT2D eigenvalue weighted by atomic mass is 10.0. The lowest BCUT2D eigenvalue weighted by molar-refractivity contribution is 1.13. The number of nitrogens with zero attached hydrogens (tertiary/aromatic N) is 4. The molecule has 0 N–H and O–H groups in total. The summed E-state index contributed by atoms with van der Waals surface area (Å²) in [7, 11) is 0. The van der Waals surface area contributed by atoms with Gasteiger partial charge in [-0.05, 0) is 83.9 Å². The van der Waals surface area contributed by atoms with Crippen LogP contribution in [-0.4, -0.2) is 19.1 Å². The molecule has 4 nitrogen and oxygen atoms in total. The van der Waals surface area contributed by atoms with Crippen molar-refractivity contribution in [1.29, 1.82) is 0 Å². The van der Waals surface area contributed by atoms with Gasteiger partial charge in [-0.1, -0.05) is 133 Å². The maximum Gasteiger partial charge on any atom is 0.160 e. The first-order chi connectivity index (χ1) is 27.8. The van der Waals surface area contributed by atoms with Gasteiger partial charge in [-0.2, -0.15) is 0 Å². The van der Waals surface area contributed by atoms with Gasteiger partial charge >= 0.3 is 0 Å². The second-order valence-corrected chi connectivity index (χ2v) is 14.1. The highest BCUT2D eigenvalue weighted by Gasteiger charge is 2.19. The van der Waals surface area contributed by atoms with E-state index in [2.05, 4.69) is 185 Å². The predicted octanol–water partition coefficient (Wildman–Crippen LogP) is 12.9. The van der Waals surface area contributed by atoms with Crippen LogP contribution < -0.4 is 0 Å². The summed E-state index contributed by atoms with van der Waals surface area (Å²) >= 11 is 0. The fraction of sp³-hybridized carbons (Fsp3) is 0. The molecule has 0 aliphatic heterocycles. The third-order valence-electron chi connectivity index (χ3n) is 10.8. The molecule has 11 aromatic rings. The molecule has 260 valence electrons. The maximum atomic E-state index is 5.34. The molecule has 0 aliphatic carbocycles. The Morgan fingerprint density at radius 2 is 0.821 bits per heavy atom. The third kappa shape index (κ3) is 5.26. The topological polar surface area (TPSA) is 35.6 Å². The first-order valence-corrected chi connectivity index (χ1v) is 18.8. The second kappa shape index (κ2) is 13.0. The van der Waals surface area contributed by atoms with Crippen LogP contribution in [0, 0.1) is 12.1 Å². The van der Waals surface area contributed by atoms with Gasteiger partial charge in [0.2, 0.25) is 0 Å². The van der Waals surface area contributed by atoms with Gasteiger partial charge in [-0.25, -0.2) is 9.97 Å². The van der Waals surface area contributed by atoms with Crippen LogP contribution in [0.25, 0.3) is 100 Å². The molecule has 11 rings (SSSR count). The smallest absolute Gasteiger partial charge is 0.160 e. The number of hydrogen-bond acceptors (Lipinski definition) is 2. The van der Waals surface area contributed by atoms with Crippen molar-refractivity contribution in [3.63, 3.8) is 0 Å². The third-order valence-corrected chi connectivity index (χ3v) is 10.8. The summed E-state index contributed by atoms with van der Waals surface area (Å²) in [5, 5.41) is 4.88. The number of para-hydroxylation sites is 4. The van der Waals surface area contributed by atoms with E-state index in [0.29, 0.717) is 5.82 Å². The van der Waals surface area contributed by atoms with Gasteiger partial charge in [0.05, 0.1) is 33.5 Å². The van der Waals surface area contributed by atoms with Crippen LogP contribution in [0.3, 0.4) is 0 Å². The molecular formula is C52H32N4. The molecule has 8 aromatic carbocycles. The highest BCUT2D eigenvalue weighted by atomic mass is 15.0. The van der Waals surface area contributed by atoms with Gasteiger partial charge < -0.3 is 9.13 Å². The Morgan fingerprint density at radius 3 is 1.36 bits per heavy atom. The predicted molar refractivity (Wildman–Crippen MR) is 230 cm³/mol. The Morgan fingerprint density at radius 1 is 0.339 bits per heavy atom. The van der Waals surface area contributed by atoms with E-state index in [-0.39, 0.29) is 0 Å². The number of benzene rings is 7. The van der Waals surface area contributed by atoms with E-state index >= 15 is 0 Å².